The molecule has 0 bridgehead atoms. The van der Waals surface area contributed by atoms with E-state index < -0.39 is 0 Å². The molecule has 0 saturated carbocycles. The standard InChI is InChI=1S/C21H33N3O3/c1-22-21(24-11-8-18(9-12-24)26-14-5-13-25-2)23-16-17-10-15-27-20-7-4-3-6-19(17)20/h3-4,6-7,17-18H,5,8-16H2,1-2H3,(H,22,23). The van der Waals surface area contributed by atoms with Gasteiger partial charge in [0.25, 0.3) is 0 Å². The van der Waals surface area contributed by atoms with Crippen LogP contribution in [0.3, 0.4) is 0 Å². The number of likely N-dealkylation sites (tertiary alicyclic amines) is 1. The fraction of sp³-hybridized carbons (Fsp3) is 0.667. The van der Waals surface area contributed by atoms with Gasteiger partial charge in [-0.15, -0.1) is 0 Å². The zero-order chi connectivity index (χ0) is 18.9. The molecular weight excluding hydrogens is 342 g/mol. The van der Waals surface area contributed by atoms with Gasteiger partial charge in [0.2, 0.25) is 0 Å². The number of nitrogens with one attached hydrogen (secondary N) is 1. The lowest BCUT2D eigenvalue weighted by molar-refractivity contribution is 0.00989. The summed E-state index contributed by atoms with van der Waals surface area (Å²) in [7, 11) is 3.60. The molecule has 1 fully saturated rings. The molecule has 1 N–H and O–H groups in total. The third kappa shape index (κ3) is 5.59. The van der Waals surface area contributed by atoms with E-state index >= 15 is 0 Å². The van der Waals surface area contributed by atoms with Gasteiger partial charge >= 0.3 is 0 Å². The number of nitrogens with zero attached hydrogens (tertiary/aromatic N) is 2. The van der Waals surface area contributed by atoms with Crippen LogP contribution in [0.15, 0.2) is 29.3 Å². The summed E-state index contributed by atoms with van der Waals surface area (Å²) in [6, 6.07) is 8.37. The van der Waals surface area contributed by atoms with Crippen LogP contribution < -0.4 is 10.1 Å². The highest BCUT2D eigenvalue weighted by atomic mass is 16.5. The van der Waals surface area contributed by atoms with E-state index in [1.54, 1.807) is 7.11 Å². The van der Waals surface area contributed by atoms with Gasteiger partial charge in [0.15, 0.2) is 5.96 Å². The highest BCUT2D eigenvalue weighted by Crippen LogP contribution is 2.32. The Bertz CT molecular complexity index is 600. The van der Waals surface area contributed by atoms with Crippen LogP contribution >= 0.6 is 0 Å². The Morgan fingerprint density at radius 1 is 1.22 bits per heavy atom. The lowest BCUT2D eigenvalue weighted by atomic mass is 9.93. The smallest absolute Gasteiger partial charge is 0.193 e. The summed E-state index contributed by atoms with van der Waals surface area (Å²) in [4.78, 5) is 6.85. The molecule has 0 aliphatic carbocycles. The number of guanidine groups is 1. The maximum absolute atomic E-state index is 5.96. The van der Waals surface area contributed by atoms with Crippen LogP contribution in [0, 0.1) is 0 Å². The maximum Gasteiger partial charge on any atom is 0.193 e. The average Bonchev–Trinajstić information content (AvgIpc) is 2.73. The van der Waals surface area contributed by atoms with Gasteiger partial charge in [-0.3, -0.25) is 4.99 Å². The van der Waals surface area contributed by atoms with Crippen molar-refractivity contribution in [2.45, 2.75) is 37.7 Å². The predicted octanol–water partition coefficient (Wildman–Crippen LogP) is 2.65. The van der Waals surface area contributed by atoms with Crippen molar-refractivity contribution in [3.05, 3.63) is 29.8 Å². The van der Waals surface area contributed by atoms with Crippen molar-refractivity contribution in [3.8, 4) is 5.75 Å². The Labute approximate surface area is 162 Å². The van der Waals surface area contributed by atoms with E-state index in [1.807, 2.05) is 13.1 Å². The van der Waals surface area contributed by atoms with Gasteiger partial charge in [-0.05, 0) is 37.3 Å². The Morgan fingerprint density at radius 2 is 2.04 bits per heavy atom. The summed E-state index contributed by atoms with van der Waals surface area (Å²) < 4.78 is 16.8. The summed E-state index contributed by atoms with van der Waals surface area (Å²) in [5, 5.41) is 3.59. The van der Waals surface area contributed by atoms with Gasteiger partial charge in [-0.2, -0.15) is 0 Å². The molecule has 0 radical (unpaired) electrons. The number of hydrogen-bond donors (Lipinski definition) is 1. The summed E-state index contributed by atoms with van der Waals surface area (Å²) in [5.41, 5.74) is 1.30. The van der Waals surface area contributed by atoms with Gasteiger partial charge in [0.05, 0.1) is 12.7 Å². The van der Waals surface area contributed by atoms with Crippen LogP contribution in [0.1, 0.15) is 37.2 Å². The number of ether oxygens (including phenoxy) is 3. The predicted molar refractivity (Wildman–Crippen MR) is 108 cm³/mol. The zero-order valence-corrected chi connectivity index (χ0v) is 16.7. The number of hydrogen-bond acceptors (Lipinski definition) is 4. The second-order valence-corrected chi connectivity index (χ2v) is 7.20. The molecule has 1 unspecified atom stereocenters. The molecular formula is C21H33N3O3. The molecule has 1 aromatic carbocycles. The monoisotopic (exact) mass is 375 g/mol. The molecule has 2 aliphatic rings. The normalized spacial score (nSPS) is 20.9. The van der Waals surface area contributed by atoms with E-state index in [2.05, 4.69) is 33.4 Å². The molecule has 6 nitrogen and oxygen atoms in total. The van der Waals surface area contributed by atoms with E-state index in [0.29, 0.717) is 12.0 Å². The van der Waals surface area contributed by atoms with Crippen LogP contribution in [0.2, 0.25) is 0 Å². The van der Waals surface area contributed by atoms with Crippen LogP contribution in [0.4, 0.5) is 0 Å². The van der Waals surface area contributed by atoms with Crippen molar-refractivity contribution < 1.29 is 14.2 Å². The molecule has 0 aromatic heterocycles. The number of aliphatic imine (C=N–C) groups is 1. The minimum absolute atomic E-state index is 0.360. The average molecular weight is 376 g/mol. The number of piperidine rings is 1. The highest BCUT2D eigenvalue weighted by molar-refractivity contribution is 5.80. The van der Waals surface area contributed by atoms with Crippen molar-refractivity contribution in [2.24, 2.45) is 4.99 Å². The van der Waals surface area contributed by atoms with E-state index in [9.17, 15) is 0 Å². The van der Waals surface area contributed by atoms with Crippen molar-refractivity contribution in [1.82, 2.24) is 10.2 Å². The van der Waals surface area contributed by atoms with E-state index in [4.69, 9.17) is 14.2 Å². The van der Waals surface area contributed by atoms with Crippen LogP contribution in [-0.2, 0) is 9.47 Å². The number of fused-ring (bicyclic) bond motifs is 1. The Kier molecular flexibility index (Phi) is 7.78. The lowest BCUT2D eigenvalue weighted by Gasteiger charge is -2.35. The first-order valence-electron chi connectivity index (χ1n) is 10.1. The topological polar surface area (TPSA) is 55.3 Å². The largest absolute Gasteiger partial charge is 0.493 e. The molecule has 150 valence electrons. The van der Waals surface area contributed by atoms with Crippen molar-refractivity contribution >= 4 is 5.96 Å². The van der Waals surface area contributed by atoms with Crippen LogP contribution in [-0.4, -0.2) is 70.6 Å². The van der Waals surface area contributed by atoms with Crippen molar-refractivity contribution in [1.29, 1.82) is 0 Å². The third-order valence-corrected chi connectivity index (χ3v) is 5.39. The maximum atomic E-state index is 5.96. The first kappa shape index (κ1) is 20.0. The van der Waals surface area contributed by atoms with E-state index in [0.717, 1.165) is 76.8 Å². The summed E-state index contributed by atoms with van der Waals surface area (Å²) in [6.45, 7) is 5.20. The molecule has 1 saturated heterocycles. The minimum atomic E-state index is 0.360. The summed E-state index contributed by atoms with van der Waals surface area (Å²) in [6.07, 6.45) is 4.46. The Balaban J connectivity index is 1.44. The number of benzene rings is 1. The molecule has 1 atom stereocenters. The van der Waals surface area contributed by atoms with Crippen molar-refractivity contribution in [3.63, 3.8) is 0 Å². The van der Waals surface area contributed by atoms with Crippen LogP contribution in [0.25, 0.3) is 0 Å². The minimum Gasteiger partial charge on any atom is -0.493 e. The molecule has 1 aromatic rings. The Morgan fingerprint density at radius 3 is 2.81 bits per heavy atom. The van der Waals surface area contributed by atoms with Crippen molar-refractivity contribution in [2.75, 3.05) is 53.6 Å². The molecule has 2 aliphatic heterocycles. The van der Waals surface area contributed by atoms with Gasteiger partial charge in [0.1, 0.15) is 5.75 Å². The number of para-hydroxylation sites is 1. The molecule has 27 heavy (non-hydrogen) atoms. The molecule has 3 rings (SSSR count). The number of methoxy groups -OCH3 is 1. The first-order valence-corrected chi connectivity index (χ1v) is 10.1. The van der Waals surface area contributed by atoms with Gasteiger partial charge < -0.3 is 24.4 Å². The first-order chi connectivity index (χ1) is 13.3. The Hall–Kier alpha value is -1.79. The van der Waals surface area contributed by atoms with Gasteiger partial charge in [-0.25, -0.2) is 0 Å². The summed E-state index contributed by atoms with van der Waals surface area (Å²) >= 11 is 0. The third-order valence-electron chi connectivity index (χ3n) is 5.39. The second-order valence-electron chi connectivity index (χ2n) is 7.20. The lowest BCUT2D eigenvalue weighted by Crippen LogP contribution is -2.48. The van der Waals surface area contributed by atoms with Gasteiger partial charge in [-0.1, -0.05) is 18.2 Å². The highest BCUT2D eigenvalue weighted by Gasteiger charge is 2.24. The van der Waals surface area contributed by atoms with E-state index in [-0.39, 0.29) is 0 Å². The zero-order valence-electron chi connectivity index (χ0n) is 16.7. The van der Waals surface area contributed by atoms with E-state index in [1.165, 1.54) is 5.56 Å². The fourth-order valence-corrected chi connectivity index (χ4v) is 3.86. The van der Waals surface area contributed by atoms with Gasteiger partial charge in [0, 0.05) is 52.9 Å². The number of rotatable bonds is 7. The quantitative estimate of drug-likeness (QED) is 0.451. The molecule has 0 amide bonds. The molecule has 2 heterocycles. The van der Waals surface area contributed by atoms with Crippen LogP contribution in [0.5, 0.6) is 5.75 Å². The molecule has 6 heteroatoms. The molecule has 0 spiro atoms. The summed E-state index contributed by atoms with van der Waals surface area (Å²) in [5.74, 6) is 2.49. The SMILES string of the molecule is CN=C(NCC1CCOc2ccccc21)N1CCC(OCCCOC)CC1. The second kappa shape index (κ2) is 10.5. The fourth-order valence-electron chi connectivity index (χ4n) is 3.86.